The van der Waals surface area contributed by atoms with Crippen LogP contribution in [0.3, 0.4) is 0 Å². The van der Waals surface area contributed by atoms with Crippen LogP contribution < -0.4 is 5.32 Å². The van der Waals surface area contributed by atoms with Gasteiger partial charge in [-0.15, -0.1) is 0 Å². The van der Waals surface area contributed by atoms with Crippen molar-refractivity contribution in [3.8, 4) is 11.1 Å². The molecule has 3 rings (SSSR count). The fraction of sp³-hybridized carbons (Fsp3) is 0.333. The maximum absolute atomic E-state index is 4.54. The number of aromatic nitrogens is 4. The Bertz CT molecular complexity index is 766. The molecule has 0 aliphatic rings. The molecule has 0 saturated heterocycles. The zero-order valence-corrected chi connectivity index (χ0v) is 12.3. The summed E-state index contributed by atoms with van der Waals surface area (Å²) in [5.41, 5.74) is 6.78. The van der Waals surface area contributed by atoms with E-state index in [1.54, 1.807) is 0 Å². The van der Waals surface area contributed by atoms with Crippen molar-refractivity contribution in [3.05, 3.63) is 35.9 Å². The minimum atomic E-state index is 0.799. The molecular formula is C15H19N5. The van der Waals surface area contributed by atoms with Gasteiger partial charge in [-0.25, -0.2) is 4.98 Å². The van der Waals surface area contributed by atoms with Crippen LogP contribution in [0, 0.1) is 6.92 Å². The lowest BCUT2D eigenvalue weighted by Gasteiger charge is -2.07. The molecular weight excluding hydrogens is 250 g/mol. The smallest absolute Gasteiger partial charge is 0.0955 e. The molecule has 104 valence electrons. The first-order chi connectivity index (χ1) is 9.61. The molecule has 0 unspecified atom stereocenters. The second kappa shape index (κ2) is 4.76. The molecule has 0 aliphatic carbocycles. The molecule has 0 amide bonds. The van der Waals surface area contributed by atoms with E-state index in [-0.39, 0.29) is 0 Å². The van der Waals surface area contributed by atoms with Crippen LogP contribution in [-0.2, 0) is 20.6 Å². The molecule has 2 aromatic heterocycles. The van der Waals surface area contributed by atoms with E-state index in [4.69, 9.17) is 0 Å². The molecule has 0 fully saturated rings. The topological polar surface area (TPSA) is 47.7 Å². The average molecular weight is 269 g/mol. The third kappa shape index (κ3) is 1.91. The van der Waals surface area contributed by atoms with Crippen LogP contribution in [-0.4, -0.2) is 26.4 Å². The van der Waals surface area contributed by atoms with E-state index in [0.29, 0.717) is 0 Å². The third-order valence-electron chi connectivity index (χ3n) is 3.70. The van der Waals surface area contributed by atoms with Crippen LogP contribution in [0.15, 0.2) is 24.5 Å². The Balaban J connectivity index is 2.19. The highest BCUT2D eigenvalue weighted by atomic mass is 15.3. The summed E-state index contributed by atoms with van der Waals surface area (Å²) in [5.74, 6) is 0. The predicted octanol–water partition coefficient (Wildman–Crippen LogP) is 2.00. The molecule has 0 bridgehead atoms. The van der Waals surface area contributed by atoms with Crippen molar-refractivity contribution >= 4 is 11.0 Å². The van der Waals surface area contributed by atoms with Crippen LogP contribution >= 0.6 is 0 Å². The van der Waals surface area contributed by atoms with Gasteiger partial charge in [0.1, 0.15) is 0 Å². The molecule has 5 nitrogen and oxygen atoms in total. The maximum Gasteiger partial charge on any atom is 0.0955 e. The number of aryl methyl sites for hydroxylation is 3. The largest absolute Gasteiger partial charge is 0.334 e. The second-order valence-electron chi connectivity index (χ2n) is 5.12. The van der Waals surface area contributed by atoms with Crippen LogP contribution in [0.25, 0.3) is 22.2 Å². The number of benzene rings is 1. The van der Waals surface area contributed by atoms with Crippen LogP contribution in [0.4, 0.5) is 0 Å². The molecule has 1 N–H and O–H groups in total. The first-order valence-corrected chi connectivity index (χ1v) is 6.70. The number of hydrogen-bond acceptors (Lipinski definition) is 3. The van der Waals surface area contributed by atoms with Crippen molar-refractivity contribution in [1.82, 2.24) is 24.6 Å². The summed E-state index contributed by atoms with van der Waals surface area (Å²) >= 11 is 0. The summed E-state index contributed by atoms with van der Waals surface area (Å²) in [5, 5.41) is 7.75. The van der Waals surface area contributed by atoms with E-state index in [1.807, 2.05) is 36.7 Å². The Labute approximate surface area is 118 Å². The quantitative estimate of drug-likeness (QED) is 0.791. The molecule has 5 heteroatoms. The van der Waals surface area contributed by atoms with E-state index in [9.17, 15) is 0 Å². The van der Waals surface area contributed by atoms with E-state index in [2.05, 4.69) is 40.5 Å². The van der Waals surface area contributed by atoms with Crippen molar-refractivity contribution in [2.75, 3.05) is 7.05 Å². The van der Waals surface area contributed by atoms with Gasteiger partial charge < -0.3 is 9.88 Å². The summed E-state index contributed by atoms with van der Waals surface area (Å²) in [4.78, 5) is 4.44. The second-order valence-corrected chi connectivity index (χ2v) is 5.12. The molecule has 20 heavy (non-hydrogen) atoms. The lowest BCUT2D eigenvalue weighted by molar-refractivity contribution is 0.669. The lowest BCUT2D eigenvalue weighted by atomic mass is 10.0. The highest BCUT2D eigenvalue weighted by Gasteiger charge is 2.15. The zero-order chi connectivity index (χ0) is 14.3. The van der Waals surface area contributed by atoms with Gasteiger partial charge in [-0.1, -0.05) is 6.07 Å². The van der Waals surface area contributed by atoms with Crippen molar-refractivity contribution < 1.29 is 0 Å². The number of hydrogen-bond donors (Lipinski definition) is 1. The van der Waals surface area contributed by atoms with Gasteiger partial charge in [0.05, 0.1) is 28.7 Å². The number of nitrogens with one attached hydrogen (secondary N) is 1. The molecule has 0 atom stereocenters. The fourth-order valence-corrected chi connectivity index (χ4v) is 2.74. The Morgan fingerprint density at radius 1 is 1.25 bits per heavy atom. The van der Waals surface area contributed by atoms with Gasteiger partial charge in [0, 0.05) is 26.2 Å². The van der Waals surface area contributed by atoms with Crippen LogP contribution in [0.1, 0.15) is 11.4 Å². The molecule has 2 heterocycles. The Kier molecular flexibility index (Phi) is 3.06. The predicted molar refractivity (Wildman–Crippen MR) is 80.4 cm³/mol. The summed E-state index contributed by atoms with van der Waals surface area (Å²) in [6.07, 6.45) is 1.85. The minimum absolute atomic E-state index is 0.799. The van der Waals surface area contributed by atoms with Crippen molar-refractivity contribution in [1.29, 1.82) is 0 Å². The van der Waals surface area contributed by atoms with Gasteiger partial charge in [-0.05, 0) is 31.7 Å². The zero-order valence-electron chi connectivity index (χ0n) is 12.3. The van der Waals surface area contributed by atoms with Gasteiger partial charge in [0.25, 0.3) is 0 Å². The standard InChI is InChI=1S/C15H19N5/c1-10-15(14(8-16-2)20(4)18-10)11-5-6-13-12(7-11)17-9-19(13)3/h5-7,9,16H,8H2,1-4H3. The summed E-state index contributed by atoms with van der Waals surface area (Å²) < 4.78 is 3.98. The van der Waals surface area contributed by atoms with Crippen molar-refractivity contribution in [2.24, 2.45) is 14.1 Å². The Morgan fingerprint density at radius 3 is 2.80 bits per heavy atom. The van der Waals surface area contributed by atoms with E-state index < -0.39 is 0 Å². The molecule has 0 aliphatic heterocycles. The summed E-state index contributed by atoms with van der Waals surface area (Å²) in [6.45, 7) is 2.85. The first kappa shape index (κ1) is 12.9. The molecule has 0 spiro atoms. The first-order valence-electron chi connectivity index (χ1n) is 6.70. The maximum atomic E-state index is 4.54. The van der Waals surface area contributed by atoms with Gasteiger partial charge in [-0.3, -0.25) is 4.68 Å². The number of imidazole rings is 1. The highest BCUT2D eigenvalue weighted by Crippen LogP contribution is 2.29. The van der Waals surface area contributed by atoms with Gasteiger partial charge in [-0.2, -0.15) is 5.10 Å². The number of fused-ring (bicyclic) bond motifs is 1. The SMILES string of the molecule is CNCc1c(-c2ccc3c(c2)ncn3C)c(C)nn1C. The lowest BCUT2D eigenvalue weighted by Crippen LogP contribution is -2.10. The highest BCUT2D eigenvalue weighted by molar-refractivity contribution is 5.83. The molecule has 0 radical (unpaired) electrons. The number of nitrogens with zero attached hydrogens (tertiary/aromatic N) is 4. The van der Waals surface area contributed by atoms with E-state index in [1.165, 1.54) is 16.8 Å². The molecule has 0 saturated carbocycles. The monoisotopic (exact) mass is 269 g/mol. The summed E-state index contributed by atoms with van der Waals surface area (Å²) in [6, 6.07) is 6.40. The Morgan fingerprint density at radius 2 is 2.05 bits per heavy atom. The van der Waals surface area contributed by atoms with Crippen molar-refractivity contribution in [3.63, 3.8) is 0 Å². The molecule has 3 aromatic rings. The number of rotatable bonds is 3. The van der Waals surface area contributed by atoms with Crippen LogP contribution in [0.5, 0.6) is 0 Å². The summed E-state index contributed by atoms with van der Waals surface area (Å²) in [7, 11) is 5.95. The van der Waals surface area contributed by atoms with E-state index in [0.717, 1.165) is 23.3 Å². The van der Waals surface area contributed by atoms with Gasteiger partial charge in [0.15, 0.2) is 0 Å². The Hall–Kier alpha value is -2.14. The average Bonchev–Trinajstić information content (AvgIpc) is 2.91. The third-order valence-corrected chi connectivity index (χ3v) is 3.70. The molecule has 1 aromatic carbocycles. The fourth-order valence-electron chi connectivity index (χ4n) is 2.74. The minimum Gasteiger partial charge on any atom is -0.334 e. The van der Waals surface area contributed by atoms with Gasteiger partial charge in [0.2, 0.25) is 0 Å². The van der Waals surface area contributed by atoms with Crippen molar-refractivity contribution in [2.45, 2.75) is 13.5 Å². The van der Waals surface area contributed by atoms with E-state index >= 15 is 0 Å². The van der Waals surface area contributed by atoms with Gasteiger partial charge >= 0.3 is 0 Å². The normalized spacial score (nSPS) is 11.4. The van der Waals surface area contributed by atoms with Crippen LogP contribution in [0.2, 0.25) is 0 Å².